The molecule has 1 aromatic heterocycles. The monoisotopic (exact) mass is 376 g/mol. The van der Waals surface area contributed by atoms with E-state index in [1.807, 2.05) is 42.7 Å². The second-order valence-electron chi connectivity index (χ2n) is 6.78. The van der Waals surface area contributed by atoms with E-state index in [1.54, 1.807) is 18.2 Å². The number of para-hydroxylation sites is 2. The Kier molecular flexibility index (Phi) is 4.43. The smallest absolute Gasteiger partial charge is 0.261 e. The second kappa shape index (κ2) is 6.92. The second-order valence-corrected chi connectivity index (χ2v) is 6.78. The lowest BCUT2D eigenvalue weighted by atomic mass is 10.1. The Morgan fingerprint density at radius 2 is 1.82 bits per heavy atom. The summed E-state index contributed by atoms with van der Waals surface area (Å²) in [6.07, 6.45) is 0.0113. The van der Waals surface area contributed by atoms with Crippen molar-refractivity contribution in [2.24, 2.45) is 0 Å². The number of nitrogens with zero attached hydrogens (tertiary/aromatic N) is 3. The molecular weight excluding hydrogens is 356 g/mol. The van der Waals surface area contributed by atoms with Crippen LogP contribution in [0.2, 0.25) is 0 Å². The van der Waals surface area contributed by atoms with Crippen LogP contribution in [0, 0.1) is 6.92 Å². The number of benzene rings is 2. The fourth-order valence-electron chi connectivity index (χ4n) is 3.50. The minimum Gasteiger partial charge on any atom is -0.310 e. The van der Waals surface area contributed by atoms with Crippen molar-refractivity contribution in [3.63, 3.8) is 0 Å². The first-order valence-corrected chi connectivity index (χ1v) is 9.21. The molecule has 0 fully saturated rings. The van der Waals surface area contributed by atoms with E-state index in [4.69, 9.17) is 0 Å². The molecule has 3 aromatic rings. The van der Waals surface area contributed by atoms with E-state index in [2.05, 4.69) is 10.3 Å². The molecule has 7 heteroatoms. The summed E-state index contributed by atoms with van der Waals surface area (Å²) >= 11 is 0. The van der Waals surface area contributed by atoms with Gasteiger partial charge in [-0.2, -0.15) is 0 Å². The molecule has 0 atom stereocenters. The van der Waals surface area contributed by atoms with Crippen molar-refractivity contribution >= 4 is 34.7 Å². The minimum atomic E-state index is -0.353. The Hall–Kier alpha value is -3.48. The molecule has 3 amide bonds. The minimum absolute atomic E-state index is 0.0113. The van der Waals surface area contributed by atoms with Gasteiger partial charge in [0, 0.05) is 19.5 Å². The number of imide groups is 1. The fraction of sp³-hybridized carbons (Fsp3) is 0.238. The Labute approximate surface area is 162 Å². The van der Waals surface area contributed by atoms with Gasteiger partial charge in [-0.05, 0) is 38.1 Å². The molecule has 142 valence electrons. The first kappa shape index (κ1) is 17.9. The number of anilines is 1. The SMILES string of the molecule is CCn1c(NC(=O)CCN2C(=O)c3ccc(C)cc3C2=O)nc2ccccc21. The molecule has 0 bridgehead atoms. The van der Waals surface area contributed by atoms with Gasteiger partial charge >= 0.3 is 0 Å². The van der Waals surface area contributed by atoms with Gasteiger partial charge in [-0.25, -0.2) is 4.98 Å². The van der Waals surface area contributed by atoms with Crippen LogP contribution in [0.4, 0.5) is 5.95 Å². The number of aromatic nitrogens is 2. The summed E-state index contributed by atoms with van der Waals surface area (Å²) in [6, 6.07) is 12.8. The molecule has 0 saturated carbocycles. The summed E-state index contributed by atoms with van der Waals surface area (Å²) in [5, 5.41) is 2.80. The van der Waals surface area contributed by atoms with Crippen molar-refractivity contribution in [2.75, 3.05) is 11.9 Å². The van der Waals surface area contributed by atoms with Crippen molar-refractivity contribution in [1.82, 2.24) is 14.5 Å². The van der Waals surface area contributed by atoms with Crippen LogP contribution in [-0.4, -0.2) is 38.7 Å². The summed E-state index contributed by atoms with van der Waals surface area (Å²) < 4.78 is 1.91. The first-order valence-electron chi connectivity index (χ1n) is 9.21. The van der Waals surface area contributed by atoms with Crippen molar-refractivity contribution < 1.29 is 14.4 Å². The van der Waals surface area contributed by atoms with Gasteiger partial charge in [0.15, 0.2) is 0 Å². The number of imidazole rings is 1. The highest BCUT2D eigenvalue weighted by molar-refractivity contribution is 6.21. The van der Waals surface area contributed by atoms with E-state index in [1.165, 1.54) is 0 Å². The van der Waals surface area contributed by atoms with Gasteiger partial charge in [-0.15, -0.1) is 0 Å². The molecule has 0 radical (unpaired) electrons. The molecule has 0 spiro atoms. The molecule has 0 aliphatic carbocycles. The maximum atomic E-state index is 12.5. The molecule has 1 N–H and O–H groups in total. The van der Waals surface area contributed by atoms with Crippen LogP contribution in [-0.2, 0) is 11.3 Å². The average molecular weight is 376 g/mol. The van der Waals surface area contributed by atoms with Gasteiger partial charge in [-0.1, -0.05) is 23.8 Å². The maximum Gasteiger partial charge on any atom is 0.261 e. The van der Waals surface area contributed by atoms with Gasteiger partial charge < -0.3 is 4.57 Å². The third-order valence-electron chi connectivity index (χ3n) is 4.91. The van der Waals surface area contributed by atoms with Crippen LogP contribution < -0.4 is 5.32 Å². The third-order valence-corrected chi connectivity index (χ3v) is 4.91. The molecular formula is C21H20N4O3. The number of amides is 3. The normalized spacial score (nSPS) is 13.3. The number of aryl methyl sites for hydroxylation is 2. The number of nitrogens with one attached hydrogen (secondary N) is 1. The molecule has 1 aliphatic rings. The van der Waals surface area contributed by atoms with E-state index in [-0.39, 0.29) is 30.7 Å². The maximum absolute atomic E-state index is 12.5. The average Bonchev–Trinajstić information content (AvgIpc) is 3.14. The van der Waals surface area contributed by atoms with E-state index in [9.17, 15) is 14.4 Å². The molecule has 28 heavy (non-hydrogen) atoms. The summed E-state index contributed by atoms with van der Waals surface area (Å²) in [4.78, 5) is 43.0. The van der Waals surface area contributed by atoms with E-state index >= 15 is 0 Å². The van der Waals surface area contributed by atoms with Gasteiger partial charge in [0.2, 0.25) is 11.9 Å². The Balaban J connectivity index is 1.46. The fourth-order valence-corrected chi connectivity index (χ4v) is 3.50. The van der Waals surface area contributed by atoms with E-state index in [0.29, 0.717) is 23.6 Å². The van der Waals surface area contributed by atoms with Crippen molar-refractivity contribution in [1.29, 1.82) is 0 Å². The lowest BCUT2D eigenvalue weighted by Crippen LogP contribution is -2.33. The van der Waals surface area contributed by atoms with Crippen molar-refractivity contribution in [2.45, 2.75) is 26.8 Å². The van der Waals surface area contributed by atoms with Gasteiger partial charge in [0.05, 0.1) is 22.2 Å². The molecule has 1 aliphatic heterocycles. The number of hydrogen-bond acceptors (Lipinski definition) is 4. The predicted octanol–water partition coefficient (Wildman–Crippen LogP) is 2.99. The standard InChI is InChI=1S/C21H20N4O3/c1-3-24-17-7-5-4-6-16(17)22-21(24)23-18(26)10-11-25-19(27)14-9-8-13(2)12-15(14)20(25)28/h4-9,12H,3,10-11H2,1-2H3,(H,22,23,26). The molecule has 2 aromatic carbocycles. The van der Waals surface area contributed by atoms with Crippen LogP contribution in [0.3, 0.4) is 0 Å². The number of carbonyl (C=O) groups is 3. The largest absolute Gasteiger partial charge is 0.310 e. The lowest BCUT2D eigenvalue weighted by Gasteiger charge is -2.13. The van der Waals surface area contributed by atoms with Crippen molar-refractivity contribution in [3.05, 3.63) is 59.2 Å². The molecule has 0 unspecified atom stereocenters. The van der Waals surface area contributed by atoms with E-state index < -0.39 is 0 Å². The highest BCUT2D eigenvalue weighted by Gasteiger charge is 2.35. The van der Waals surface area contributed by atoms with Crippen LogP contribution >= 0.6 is 0 Å². The number of fused-ring (bicyclic) bond motifs is 2. The third kappa shape index (κ3) is 2.94. The zero-order valence-corrected chi connectivity index (χ0v) is 15.7. The highest BCUT2D eigenvalue weighted by Crippen LogP contribution is 2.24. The Morgan fingerprint density at radius 3 is 2.61 bits per heavy atom. The van der Waals surface area contributed by atoms with Gasteiger partial charge in [0.1, 0.15) is 0 Å². The zero-order valence-electron chi connectivity index (χ0n) is 15.7. The topological polar surface area (TPSA) is 84.3 Å². The van der Waals surface area contributed by atoms with Crippen LogP contribution in [0.5, 0.6) is 0 Å². The zero-order chi connectivity index (χ0) is 19.8. The summed E-state index contributed by atoms with van der Waals surface area (Å²) in [5.41, 5.74) is 3.45. The van der Waals surface area contributed by atoms with Crippen molar-refractivity contribution in [3.8, 4) is 0 Å². The quantitative estimate of drug-likeness (QED) is 0.694. The molecule has 4 rings (SSSR count). The molecule has 7 nitrogen and oxygen atoms in total. The van der Waals surface area contributed by atoms with E-state index in [0.717, 1.165) is 21.5 Å². The van der Waals surface area contributed by atoms with Gasteiger partial charge in [-0.3, -0.25) is 24.6 Å². The summed E-state index contributed by atoms with van der Waals surface area (Å²) in [6.45, 7) is 4.54. The highest BCUT2D eigenvalue weighted by atomic mass is 16.2. The van der Waals surface area contributed by atoms with Crippen LogP contribution in [0.25, 0.3) is 11.0 Å². The van der Waals surface area contributed by atoms with Crippen LogP contribution in [0.15, 0.2) is 42.5 Å². The molecule has 0 saturated heterocycles. The lowest BCUT2D eigenvalue weighted by molar-refractivity contribution is -0.116. The first-order chi connectivity index (χ1) is 13.5. The number of rotatable bonds is 5. The van der Waals surface area contributed by atoms with Gasteiger partial charge in [0.25, 0.3) is 11.8 Å². The molecule has 2 heterocycles. The summed E-state index contributed by atoms with van der Waals surface area (Å²) in [5.74, 6) is -0.532. The Bertz CT molecular complexity index is 1120. The number of hydrogen-bond donors (Lipinski definition) is 1. The predicted molar refractivity (Wildman–Crippen MR) is 105 cm³/mol. The number of carbonyl (C=O) groups excluding carboxylic acids is 3. The van der Waals surface area contributed by atoms with Crippen LogP contribution in [0.1, 0.15) is 39.6 Å². The Morgan fingerprint density at radius 1 is 1.07 bits per heavy atom. The summed E-state index contributed by atoms with van der Waals surface area (Å²) in [7, 11) is 0.